The number of hydrogen-bond donors (Lipinski definition) is 2. The number of halogens is 1. The molecule has 0 spiro atoms. The monoisotopic (exact) mass is 275 g/mol. The van der Waals surface area contributed by atoms with Gasteiger partial charge in [0.1, 0.15) is 11.5 Å². The van der Waals surface area contributed by atoms with E-state index < -0.39 is 0 Å². The van der Waals surface area contributed by atoms with Crippen molar-refractivity contribution in [2.45, 2.75) is 13.2 Å². The molecule has 0 radical (unpaired) electrons. The largest absolute Gasteiger partial charge is 0.382 e. The minimum atomic E-state index is -0.0421. The third-order valence-corrected chi connectivity index (χ3v) is 2.80. The molecule has 0 bridgehead atoms. The van der Waals surface area contributed by atoms with Gasteiger partial charge in [-0.3, -0.25) is 10.4 Å². The predicted octanol–water partition coefficient (Wildman–Crippen LogP) is 2.74. The Morgan fingerprint density at radius 1 is 1.16 bits per heavy atom. The molecular weight excluding hydrogens is 262 g/mol. The quantitative estimate of drug-likeness (QED) is 0.651. The zero-order valence-corrected chi connectivity index (χ0v) is 11.0. The van der Waals surface area contributed by atoms with Gasteiger partial charge in [-0.15, -0.1) is 0 Å². The molecule has 0 aliphatic rings. The number of nitrogen functional groups attached to an aromatic ring is 1. The summed E-state index contributed by atoms with van der Waals surface area (Å²) in [7, 11) is 0. The lowest BCUT2D eigenvalue weighted by Crippen LogP contribution is -2.13. The fourth-order valence-corrected chi connectivity index (χ4v) is 1.70. The van der Waals surface area contributed by atoms with Crippen molar-refractivity contribution < 1.29 is 4.74 Å². The number of nitrogens with one attached hydrogen (secondary N) is 1. The molecule has 1 heterocycles. The number of nitrogens with zero attached hydrogens (tertiary/aromatic N) is 1. The third-order valence-electron chi connectivity index (χ3n) is 2.55. The van der Waals surface area contributed by atoms with Gasteiger partial charge in [0.15, 0.2) is 0 Å². The Morgan fingerprint density at radius 2 is 1.84 bits per heavy atom. The number of hydrogen-bond acceptors (Lipinski definition) is 3. The highest BCUT2D eigenvalue weighted by Gasteiger charge is 2.01. The third kappa shape index (κ3) is 4.05. The van der Waals surface area contributed by atoms with Gasteiger partial charge in [0.25, 0.3) is 0 Å². The van der Waals surface area contributed by atoms with Crippen molar-refractivity contribution >= 4 is 17.4 Å². The van der Waals surface area contributed by atoms with E-state index in [1.54, 1.807) is 12.3 Å². The van der Waals surface area contributed by atoms with E-state index in [0.29, 0.717) is 23.9 Å². The van der Waals surface area contributed by atoms with Crippen LogP contribution in [0.2, 0.25) is 5.02 Å². The number of rotatable bonds is 5. The molecule has 4 nitrogen and oxygen atoms in total. The molecule has 0 saturated carbocycles. The van der Waals surface area contributed by atoms with Crippen molar-refractivity contribution in [3.63, 3.8) is 0 Å². The summed E-state index contributed by atoms with van der Waals surface area (Å²) in [6.07, 6.45) is 1.62. The van der Waals surface area contributed by atoms with Gasteiger partial charge in [0.2, 0.25) is 0 Å². The number of benzene rings is 1. The molecule has 0 unspecified atom stereocenters. The summed E-state index contributed by atoms with van der Waals surface area (Å²) in [5.74, 6) is -0.0421. The number of nitrogens with two attached hydrogens (primary N) is 1. The molecule has 1 aromatic heterocycles. The van der Waals surface area contributed by atoms with E-state index in [2.05, 4.69) is 4.98 Å². The molecule has 0 atom stereocenters. The summed E-state index contributed by atoms with van der Waals surface area (Å²) in [6.45, 7) is 0.959. The van der Waals surface area contributed by atoms with Gasteiger partial charge in [-0.25, -0.2) is 0 Å². The van der Waals surface area contributed by atoms with Gasteiger partial charge in [-0.2, -0.15) is 0 Å². The lowest BCUT2D eigenvalue weighted by atomic mass is 10.2. The highest BCUT2D eigenvalue weighted by atomic mass is 35.5. The second kappa shape index (κ2) is 6.31. The van der Waals surface area contributed by atoms with Crippen LogP contribution < -0.4 is 5.73 Å². The van der Waals surface area contributed by atoms with Crippen LogP contribution in [0.25, 0.3) is 0 Å². The van der Waals surface area contributed by atoms with E-state index in [0.717, 1.165) is 11.1 Å². The van der Waals surface area contributed by atoms with E-state index in [4.69, 9.17) is 27.5 Å². The standard InChI is InChI=1S/C14H14ClN3O/c15-12-3-1-10(2-4-12)8-19-9-11-5-6-18-13(7-11)14(16)17/h1-7H,8-9H2,(H3,16,17). The Bertz CT molecular complexity index is 569. The second-order valence-corrected chi connectivity index (χ2v) is 4.52. The molecule has 0 amide bonds. The van der Waals surface area contributed by atoms with Crippen LogP contribution in [-0.4, -0.2) is 10.8 Å². The first kappa shape index (κ1) is 13.5. The Balaban J connectivity index is 1.90. The maximum absolute atomic E-state index is 7.33. The summed E-state index contributed by atoms with van der Waals surface area (Å²) in [5, 5.41) is 8.04. The van der Waals surface area contributed by atoms with Gasteiger partial charge in [0, 0.05) is 11.2 Å². The fourth-order valence-electron chi connectivity index (χ4n) is 1.58. The van der Waals surface area contributed by atoms with E-state index >= 15 is 0 Å². The minimum absolute atomic E-state index is 0.0421. The Kier molecular flexibility index (Phi) is 4.49. The molecule has 2 aromatic rings. The van der Waals surface area contributed by atoms with Crippen molar-refractivity contribution in [2.24, 2.45) is 5.73 Å². The summed E-state index contributed by atoms with van der Waals surface area (Å²) < 4.78 is 5.60. The van der Waals surface area contributed by atoms with Crippen LogP contribution in [0.15, 0.2) is 42.6 Å². The zero-order chi connectivity index (χ0) is 13.7. The van der Waals surface area contributed by atoms with E-state index in [1.165, 1.54) is 0 Å². The first-order chi connectivity index (χ1) is 9.15. The van der Waals surface area contributed by atoms with Gasteiger partial charge in [-0.1, -0.05) is 23.7 Å². The average molecular weight is 276 g/mol. The number of amidine groups is 1. The highest BCUT2D eigenvalue weighted by molar-refractivity contribution is 6.30. The average Bonchev–Trinajstić information content (AvgIpc) is 2.41. The molecule has 0 aliphatic carbocycles. The fraction of sp³-hybridized carbons (Fsp3) is 0.143. The molecule has 3 N–H and O–H groups in total. The molecule has 0 saturated heterocycles. The lowest BCUT2D eigenvalue weighted by molar-refractivity contribution is 0.107. The normalized spacial score (nSPS) is 10.4. The maximum atomic E-state index is 7.33. The van der Waals surface area contributed by atoms with Crippen molar-refractivity contribution in [1.82, 2.24) is 4.98 Å². The summed E-state index contributed by atoms with van der Waals surface area (Å²) >= 11 is 5.81. The van der Waals surface area contributed by atoms with Crippen molar-refractivity contribution in [3.8, 4) is 0 Å². The van der Waals surface area contributed by atoms with Crippen molar-refractivity contribution in [3.05, 3.63) is 64.4 Å². The van der Waals surface area contributed by atoms with Crippen LogP contribution in [0, 0.1) is 5.41 Å². The zero-order valence-electron chi connectivity index (χ0n) is 10.3. The summed E-state index contributed by atoms with van der Waals surface area (Å²) in [5.41, 5.74) is 7.85. The SMILES string of the molecule is N=C(N)c1cc(COCc2ccc(Cl)cc2)ccn1. The van der Waals surface area contributed by atoms with E-state index in [-0.39, 0.29) is 5.84 Å². The number of pyridine rings is 1. The van der Waals surface area contributed by atoms with Gasteiger partial charge in [-0.05, 0) is 35.4 Å². The van der Waals surface area contributed by atoms with Crippen LogP contribution in [0.3, 0.4) is 0 Å². The highest BCUT2D eigenvalue weighted by Crippen LogP contribution is 2.11. The minimum Gasteiger partial charge on any atom is -0.382 e. The lowest BCUT2D eigenvalue weighted by Gasteiger charge is -2.06. The van der Waals surface area contributed by atoms with Crippen LogP contribution in [-0.2, 0) is 18.0 Å². The van der Waals surface area contributed by atoms with Crippen LogP contribution in [0.5, 0.6) is 0 Å². The van der Waals surface area contributed by atoms with Crippen LogP contribution in [0.1, 0.15) is 16.8 Å². The van der Waals surface area contributed by atoms with Crippen molar-refractivity contribution in [2.75, 3.05) is 0 Å². The summed E-state index contributed by atoms with van der Waals surface area (Å²) in [6, 6.07) is 11.1. The van der Waals surface area contributed by atoms with E-state index in [9.17, 15) is 0 Å². The van der Waals surface area contributed by atoms with Crippen LogP contribution in [0.4, 0.5) is 0 Å². The molecule has 0 aliphatic heterocycles. The maximum Gasteiger partial charge on any atom is 0.141 e. The molecular formula is C14H14ClN3O. The molecule has 98 valence electrons. The van der Waals surface area contributed by atoms with Crippen LogP contribution >= 0.6 is 11.6 Å². The topological polar surface area (TPSA) is 72.0 Å². The molecule has 0 fully saturated rings. The predicted molar refractivity (Wildman–Crippen MR) is 75.2 cm³/mol. The number of aromatic nitrogens is 1. The van der Waals surface area contributed by atoms with Gasteiger partial charge in [0.05, 0.1) is 13.2 Å². The second-order valence-electron chi connectivity index (χ2n) is 4.08. The molecule has 19 heavy (non-hydrogen) atoms. The first-order valence-electron chi connectivity index (χ1n) is 5.76. The smallest absolute Gasteiger partial charge is 0.141 e. The Hall–Kier alpha value is -1.91. The molecule has 2 rings (SSSR count). The first-order valence-corrected chi connectivity index (χ1v) is 6.14. The molecule has 5 heteroatoms. The molecule has 1 aromatic carbocycles. The van der Waals surface area contributed by atoms with Gasteiger partial charge < -0.3 is 10.5 Å². The van der Waals surface area contributed by atoms with E-state index in [1.807, 2.05) is 30.3 Å². The summed E-state index contributed by atoms with van der Waals surface area (Å²) in [4.78, 5) is 4.00. The Labute approximate surface area is 116 Å². The number of ether oxygens (including phenoxy) is 1. The Morgan fingerprint density at radius 3 is 2.53 bits per heavy atom. The van der Waals surface area contributed by atoms with Crippen molar-refractivity contribution in [1.29, 1.82) is 5.41 Å². The van der Waals surface area contributed by atoms with Gasteiger partial charge >= 0.3 is 0 Å².